The number of thiophene rings is 1. The predicted molar refractivity (Wildman–Crippen MR) is 121 cm³/mol. The summed E-state index contributed by atoms with van der Waals surface area (Å²) >= 11 is 14.8. The molecule has 0 saturated heterocycles. The lowest BCUT2D eigenvalue weighted by Gasteiger charge is -2.23. The van der Waals surface area contributed by atoms with E-state index in [4.69, 9.17) is 27.9 Å². The highest BCUT2D eigenvalue weighted by Crippen LogP contribution is 2.33. The largest absolute Gasteiger partial charge is 0.463 e. The number of carbonyl (C=O) groups excluding carboxylic acids is 1. The number of rotatable bonds is 4. The SMILES string of the molecule is CCOC(=O)C1=C(C)N=c2s/c(=C/c3ccc(Cl)c(Cl)c3)c(=O)n2C1c1cccs1. The number of carbonyl (C=O) groups is 1. The van der Waals surface area contributed by atoms with Gasteiger partial charge in [0.25, 0.3) is 5.56 Å². The zero-order valence-electron chi connectivity index (χ0n) is 16.0. The fourth-order valence-electron chi connectivity index (χ4n) is 3.26. The van der Waals surface area contributed by atoms with E-state index in [-0.39, 0.29) is 12.2 Å². The Labute approximate surface area is 190 Å². The number of thiazole rings is 1. The molecule has 0 spiro atoms. The van der Waals surface area contributed by atoms with Crippen LogP contribution in [0, 0.1) is 0 Å². The number of hydrogen-bond donors (Lipinski definition) is 0. The minimum Gasteiger partial charge on any atom is -0.463 e. The summed E-state index contributed by atoms with van der Waals surface area (Å²) in [6, 6.07) is 8.40. The topological polar surface area (TPSA) is 60.7 Å². The normalized spacial score (nSPS) is 16.4. The summed E-state index contributed by atoms with van der Waals surface area (Å²) in [7, 11) is 0. The minimum atomic E-state index is -0.573. The van der Waals surface area contributed by atoms with Gasteiger partial charge in [-0.2, -0.15) is 0 Å². The Kier molecular flexibility index (Phi) is 5.97. The molecular weight excluding hydrogens is 463 g/mol. The molecule has 1 aliphatic heterocycles. The molecule has 0 fully saturated rings. The van der Waals surface area contributed by atoms with E-state index in [1.54, 1.807) is 42.7 Å². The summed E-state index contributed by atoms with van der Waals surface area (Å²) in [5.41, 5.74) is 1.46. The summed E-state index contributed by atoms with van der Waals surface area (Å²) in [4.78, 5) is 32.0. The molecule has 3 aromatic rings. The molecule has 2 aromatic heterocycles. The zero-order valence-corrected chi connectivity index (χ0v) is 19.2. The average Bonchev–Trinajstić information content (AvgIpc) is 3.33. The molecule has 1 atom stereocenters. The van der Waals surface area contributed by atoms with Crippen LogP contribution < -0.4 is 14.9 Å². The Morgan fingerprint density at radius 3 is 2.77 bits per heavy atom. The van der Waals surface area contributed by atoms with Gasteiger partial charge in [-0.25, -0.2) is 9.79 Å². The van der Waals surface area contributed by atoms with Crippen LogP contribution in [0.25, 0.3) is 6.08 Å². The van der Waals surface area contributed by atoms with Crippen LogP contribution in [0.1, 0.15) is 30.3 Å². The van der Waals surface area contributed by atoms with Crippen molar-refractivity contribution in [1.29, 1.82) is 0 Å². The van der Waals surface area contributed by atoms with E-state index in [0.29, 0.717) is 30.6 Å². The number of allylic oxidation sites excluding steroid dienone is 1. The van der Waals surface area contributed by atoms with Crippen molar-refractivity contribution in [1.82, 2.24) is 4.57 Å². The van der Waals surface area contributed by atoms with Gasteiger partial charge < -0.3 is 4.74 Å². The highest BCUT2D eigenvalue weighted by Gasteiger charge is 2.33. The van der Waals surface area contributed by atoms with Crippen molar-refractivity contribution >= 4 is 57.9 Å². The van der Waals surface area contributed by atoms with Crippen molar-refractivity contribution in [2.75, 3.05) is 6.61 Å². The quantitative estimate of drug-likeness (QED) is 0.528. The molecule has 0 amide bonds. The molecule has 9 heteroatoms. The van der Waals surface area contributed by atoms with E-state index in [2.05, 4.69) is 4.99 Å². The molecule has 3 heterocycles. The first-order valence-corrected chi connectivity index (χ1v) is 11.5. The highest BCUT2D eigenvalue weighted by molar-refractivity contribution is 7.10. The Hall–Kier alpha value is -2.19. The third kappa shape index (κ3) is 3.78. The molecule has 4 rings (SSSR count). The van der Waals surface area contributed by atoms with E-state index < -0.39 is 12.0 Å². The van der Waals surface area contributed by atoms with Crippen LogP contribution in [0.4, 0.5) is 0 Å². The second-order valence-electron chi connectivity index (χ2n) is 6.49. The monoisotopic (exact) mass is 478 g/mol. The number of hydrogen-bond acceptors (Lipinski definition) is 6. The smallest absolute Gasteiger partial charge is 0.338 e. The van der Waals surface area contributed by atoms with Gasteiger partial charge in [0.15, 0.2) is 4.80 Å². The fourth-order valence-corrected chi connectivity index (χ4v) is 5.44. The Balaban J connectivity index is 1.93. The van der Waals surface area contributed by atoms with E-state index in [0.717, 1.165) is 10.4 Å². The maximum Gasteiger partial charge on any atom is 0.338 e. The van der Waals surface area contributed by atoms with Gasteiger partial charge in [-0.15, -0.1) is 11.3 Å². The molecule has 0 saturated carbocycles. The van der Waals surface area contributed by atoms with E-state index in [9.17, 15) is 9.59 Å². The summed E-state index contributed by atoms with van der Waals surface area (Å²) in [6.07, 6.45) is 1.75. The highest BCUT2D eigenvalue weighted by atomic mass is 35.5. The van der Waals surface area contributed by atoms with Gasteiger partial charge in [0.2, 0.25) is 0 Å². The van der Waals surface area contributed by atoms with Crippen LogP contribution in [0.5, 0.6) is 0 Å². The Morgan fingerprint density at radius 2 is 2.10 bits per heavy atom. The number of benzene rings is 1. The lowest BCUT2D eigenvalue weighted by Crippen LogP contribution is -2.39. The maximum absolute atomic E-state index is 13.4. The molecule has 0 aliphatic carbocycles. The van der Waals surface area contributed by atoms with Crippen LogP contribution in [0.15, 0.2) is 56.8 Å². The lowest BCUT2D eigenvalue weighted by molar-refractivity contribution is -0.139. The molecule has 1 unspecified atom stereocenters. The molecule has 0 N–H and O–H groups in total. The van der Waals surface area contributed by atoms with E-state index in [1.165, 1.54) is 22.7 Å². The summed E-state index contributed by atoms with van der Waals surface area (Å²) in [5.74, 6) is -0.462. The molecule has 5 nitrogen and oxygen atoms in total. The maximum atomic E-state index is 13.4. The van der Waals surface area contributed by atoms with Crippen LogP contribution in [-0.2, 0) is 9.53 Å². The number of aromatic nitrogens is 1. The molecule has 1 aromatic carbocycles. The van der Waals surface area contributed by atoms with Gasteiger partial charge in [-0.1, -0.05) is 46.7 Å². The third-order valence-electron chi connectivity index (χ3n) is 4.57. The number of fused-ring (bicyclic) bond motifs is 1. The number of esters is 1. The number of halogens is 2. The second kappa shape index (κ2) is 8.51. The summed E-state index contributed by atoms with van der Waals surface area (Å²) < 4.78 is 7.32. The lowest BCUT2D eigenvalue weighted by atomic mass is 10.0. The summed E-state index contributed by atoms with van der Waals surface area (Å²) in [5, 5.41) is 2.77. The van der Waals surface area contributed by atoms with Crippen molar-refractivity contribution in [3.63, 3.8) is 0 Å². The van der Waals surface area contributed by atoms with Crippen molar-refractivity contribution in [3.8, 4) is 0 Å². The first-order valence-electron chi connectivity index (χ1n) is 9.08. The van der Waals surface area contributed by atoms with E-state index in [1.807, 2.05) is 17.5 Å². The first kappa shape index (κ1) is 21.1. The average molecular weight is 479 g/mol. The predicted octanol–water partition coefficient (Wildman–Crippen LogP) is 4.17. The van der Waals surface area contributed by atoms with Crippen molar-refractivity contribution in [2.45, 2.75) is 19.9 Å². The fraction of sp³-hybridized carbons (Fsp3) is 0.190. The molecule has 1 aliphatic rings. The molecule has 0 bridgehead atoms. The van der Waals surface area contributed by atoms with Gasteiger partial charge in [-0.3, -0.25) is 9.36 Å². The molecular formula is C21H16Cl2N2O3S2. The first-order chi connectivity index (χ1) is 14.4. The number of ether oxygens (including phenoxy) is 1. The van der Waals surface area contributed by atoms with Crippen LogP contribution in [0.2, 0.25) is 10.0 Å². The second-order valence-corrected chi connectivity index (χ2v) is 9.29. The van der Waals surface area contributed by atoms with Crippen molar-refractivity contribution in [2.24, 2.45) is 4.99 Å². The summed E-state index contributed by atoms with van der Waals surface area (Å²) in [6.45, 7) is 3.76. The van der Waals surface area contributed by atoms with Crippen molar-refractivity contribution in [3.05, 3.63) is 87.2 Å². The number of nitrogens with zero attached hydrogens (tertiary/aromatic N) is 2. The van der Waals surface area contributed by atoms with Crippen LogP contribution in [-0.4, -0.2) is 17.1 Å². The van der Waals surface area contributed by atoms with Gasteiger partial charge in [0.1, 0.15) is 6.04 Å². The van der Waals surface area contributed by atoms with Gasteiger partial charge >= 0.3 is 5.97 Å². The zero-order chi connectivity index (χ0) is 21.4. The Morgan fingerprint density at radius 1 is 1.30 bits per heavy atom. The van der Waals surface area contributed by atoms with Gasteiger partial charge in [0.05, 0.1) is 32.5 Å². The van der Waals surface area contributed by atoms with Crippen LogP contribution in [0.3, 0.4) is 0 Å². The minimum absolute atomic E-state index is 0.225. The van der Waals surface area contributed by atoms with E-state index >= 15 is 0 Å². The third-order valence-corrected chi connectivity index (χ3v) is 7.22. The van der Waals surface area contributed by atoms with Gasteiger partial charge in [-0.05, 0) is 49.1 Å². The van der Waals surface area contributed by atoms with Crippen molar-refractivity contribution < 1.29 is 9.53 Å². The van der Waals surface area contributed by atoms with Gasteiger partial charge in [0, 0.05) is 4.88 Å². The Bertz CT molecular complexity index is 1340. The molecule has 0 radical (unpaired) electrons. The standard InChI is InChI=1S/C21H16Cl2N2O3S2/c1-3-28-20(27)17-11(2)24-21-25(18(17)15-5-4-8-29-15)19(26)16(30-21)10-12-6-7-13(22)14(23)9-12/h4-10,18H,3H2,1-2H3/b16-10+. The van der Waals surface area contributed by atoms with Crippen LogP contribution >= 0.6 is 45.9 Å². The molecule has 30 heavy (non-hydrogen) atoms. The molecule has 154 valence electrons.